The first-order valence-corrected chi connectivity index (χ1v) is 4.94. The maximum absolute atomic E-state index is 10.7. The molecule has 0 heterocycles. The molecule has 0 aromatic heterocycles. The lowest BCUT2D eigenvalue weighted by Gasteiger charge is -2.02. The van der Waals surface area contributed by atoms with Gasteiger partial charge < -0.3 is 10.2 Å². The van der Waals surface area contributed by atoms with Crippen molar-refractivity contribution in [2.24, 2.45) is 0 Å². The van der Waals surface area contributed by atoms with E-state index in [1.807, 2.05) is 0 Å². The van der Waals surface area contributed by atoms with Crippen LogP contribution in [0.3, 0.4) is 0 Å². The van der Waals surface area contributed by atoms with E-state index in [9.17, 15) is 9.90 Å². The highest BCUT2D eigenvalue weighted by molar-refractivity contribution is 14.1. The van der Waals surface area contributed by atoms with E-state index in [2.05, 4.69) is 0 Å². The molecular weight excluding hydrogens is 386 g/mol. The summed E-state index contributed by atoms with van der Waals surface area (Å²) in [5.74, 6) is -1.86. The molecule has 0 spiro atoms. The second-order valence-corrected chi connectivity index (χ2v) is 4.06. The zero-order valence-corrected chi connectivity index (χ0v) is 9.87. The van der Waals surface area contributed by atoms with E-state index >= 15 is 0 Å². The van der Waals surface area contributed by atoms with Gasteiger partial charge in [-0.1, -0.05) is 0 Å². The topological polar surface area (TPSA) is 57.5 Å². The molecular formula is C7H4I2O3. The van der Waals surface area contributed by atoms with Crippen LogP contribution in [-0.2, 0) is 0 Å². The number of rotatable bonds is 1. The number of carboxylic acids is 1. The molecule has 3 nitrogen and oxygen atoms in total. The number of aromatic carboxylic acids is 1. The van der Waals surface area contributed by atoms with Crippen molar-refractivity contribution in [3.05, 3.63) is 24.8 Å². The first-order chi connectivity index (χ1) is 6.37. The molecule has 0 bridgehead atoms. The van der Waals surface area contributed by atoms with E-state index in [4.69, 9.17) is 7.85 Å². The Morgan fingerprint density at radius 2 is 2.08 bits per heavy atom. The predicted molar refractivity (Wildman–Crippen MR) is 60.5 cm³/mol. The number of hydrogen-bond donors (Lipinski definition) is 2. The van der Waals surface area contributed by atoms with Crippen molar-refractivity contribution in [1.82, 2.24) is 0 Å². The van der Waals surface area contributed by atoms with Gasteiger partial charge in [0.05, 0.1) is 6.31 Å². The quantitative estimate of drug-likeness (QED) is 0.722. The largest absolute Gasteiger partial charge is 0.506 e. The Labute approximate surface area is 98.9 Å². The van der Waals surface area contributed by atoms with Crippen LogP contribution >= 0.6 is 45.2 Å². The van der Waals surface area contributed by atoms with Gasteiger partial charge in [0.2, 0.25) is 0 Å². The van der Waals surface area contributed by atoms with Crippen LogP contribution in [0.25, 0.3) is 0 Å². The zero-order chi connectivity index (χ0) is 11.0. The van der Waals surface area contributed by atoms with Crippen LogP contribution in [0.4, 0.5) is 0 Å². The molecule has 0 amide bonds. The lowest BCUT2D eigenvalue weighted by molar-refractivity contribution is 0.0693. The second-order valence-electron chi connectivity index (χ2n) is 1.91. The Kier molecular flexibility index (Phi) is 2.32. The van der Waals surface area contributed by atoms with Crippen LogP contribution in [-0.4, -0.2) is 16.2 Å². The Bertz CT molecular complexity index is 391. The number of halogens is 2. The predicted octanol–water partition coefficient (Wildman–Crippen LogP) is 2.30. The van der Waals surface area contributed by atoms with Crippen LogP contribution in [0.1, 0.15) is 13.1 Å². The Balaban J connectivity index is 3.68. The molecule has 1 rings (SSSR count). The summed E-state index contributed by atoms with van der Waals surface area (Å²) in [7, 11) is 0. The summed E-state index contributed by atoms with van der Waals surface area (Å²) in [6.45, 7) is 0. The van der Waals surface area contributed by atoms with E-state index in [0.29, 0.717) is 0 Å². The first-order valence-electron chi connectivity index (χ1n) is 3.78. The molecule has 0 fully saturated rings. The minimum Gasteiger partial charge on any atom is -0.506 e. The van der Waals surface area contributed by atoms with Crippen LogP contribution in [0.15, 0.2) is 12.1 Å². The molecule has 2 N–H and O–H groups in total. The lowest BCUT2D eigenvalue weighted by Crippen LogP contribution is -1.98. The van der Waals surface area contributed by atoms with Gasteiger partial charge in [0, 0.05) is 3.57 Å². The maximum Gasteiger partial charge on any atom is 0.339 e. The Hall–Kier alpha value is -0.0500. The summed E-state index contributed by atoms with van der Waals surface area (Å²) in [4.78, 5) is 10.7. The van der Waals surface area contributed by atoms with Gasteiger partial charge in [-0.25, -0.2) is 4.79 Å². The summed E-state index contributed by atoms with van der Waals surface area (Å²) < 4.78 is 15.3. The average molecular weight is 392 g/mol. The van der Waals surface area contributed by atoms with E-state index in [1.54, 1.807) is 45.2 Å². The highest BCUT2D eigenvalue weighted by Crippen LogP contribution is 2.26. The summed E-state index contributed by atoms with van der Waals surface area (Å²) in [5, 5.41) is 18.2. The number of hydrogen-bond acceptors (Lipinski definition) is 2. The van der Waals surface area contributed by atoms with Crippen LogP contribution in [0.5, 0.6) is 5.75 Å². The number of carboxylic acid groups (broad SMARTS) is 1. The van der Waals surface area contributed by atoms with E-state index < -0.39 is 17.3 Å². The second kappa shape index (κ2) is 3.77. The van der Waals surface area contributed by atoms with Crippen LogP contribution in [0.2, 0.25) is 0 Å². The molecule has 0 saturated carbocycles. The van der Waals surface area contributed by atoms with Gasteiger partial charge in [0.25, 0.3) is 0 Å². The Morgan fingerprint density at radius 1 is 1.50 bits per heavy atom. The van der Waals surface area contributed by atoms with Crippen molar-refractivity contribution in [2.45, 2.75) is 0 Å². The van der Waals surface area contributed by atoms with Crippen molar-refractivity contribution >= 4 is 51.2 Å². The van der Waals surface area contributed by atoms with E-state index in [1.165, 1.54) is 0 Å². The number of benzene rings is 1. The molecule has 0 aliphatic heterocycles. The van der Waals surface area contributed by atoms with Crippen molar-refractivity contribution in [3.63, 3.8) is 0 Å². The lowest BCUT2D eigenvalue weighted by atomic mass is 10.2. The monoisotopic (exact) mass is 392 g/mol. The molecule has 1 aromatic rings. The molecule has 0 atom stereocenters. The van der Waals surface area contributed by atoms with E-state index in [-0.39, 0.29) is 19.2 Å². The zero-order valence-electron chi connectivity index (χ0n) is 7.56. The van der Waals surface area contributed by atoms with Crippen LogP contribution < -0.4 is 0 Å². The highest BCUT2D eigenvalue weighted by atomic mass is 127. The minimum atomic E-state index is -1.36. The SMILES string of the molecule is [2H]c1c(I)c([2H])c(C(=O)O)c(O)c1I. The molecule has 0 aliphatic carbocycles. The Morgan fingerprint density at radius 3 is 2.58 bits per heavy atom. The molecule has 1 aromatic carbocycles. The number of carbonyl (C=O) groups is 1. The van der Waals surface area contributed by atoms with Crippen molar-refractivity contribution in [3.8, 4) is 5.75 Å². The molecule has 0 radical (unpaired) electrons. The fourth-order valence-electron chi connectivity index (χ4n) is 0.620. The molecule has 0 unspecified atom stereocenters. The van der Waals surface area contributed by atoms with Gasteiger partial charge in [-0.3, -0.25) is 0 Å². The molecule has 12 heavy (non-hydrogen) atoms. The van der Waals surface area contributed by atoms with Gasteiger partial charge in [0.1, 0.15) is 11.3 Å². The first kappa shape index (κ1) is 7.36. The normalized spacial score (nSPS) is 12.2. The number of phenols is 1. The molecule has 64 valence electrons. The fourth-order valence-corrected chi connectivity index (χ4v) is 2.22. The van der Waals surface area contributed by atoms with Crippen molar-refractivity contribution < 1.29 is 17.7 Å². The average Bonchev–Trinajstić information content (AvgIpc) is 2.11. The number of aromatic hydroxyl groups is 1. The highest BCUT2D eigenvalue weighted by Gasteiger charge is 2.12. The van der Waals surface area contributed by atoms with Gasteiger partial charge in [-0.05, 0) is 57.3 Å². The van der Waals surface area contributed by atoms with Crippen molar-refractivity contribution in [2.75, 3.05) is 0 Å². The van der Waals surface area contributed by atoms with Crippen LogP contribution in [0, 0.1) is 7.14 Å². The fraction of sp³-hybridized carbons (Fsp3) is 0. The third-order valence-electron chi connectivity index (χ3n) is 1.11. The summed E-state index contributed by atoms with van der Waals surface area (Å²) in [5.41, 5.74) is -0.449. The van der Waals surface area contributed by atoms with Crippen molar-refractivity contribution in [1.29, 1.82) is 0 Å². The smallest absolute Gasteiger partial charge is 0.339 e. The third-order valence-corrected chi connectivity index (χ3v) is 2.43. The molecule has 5 heteroatoms. The third kappa shape index (κ3) is 2.00. The van der Waals surface area contributed by atoms with Gasteiger partial charge in [-0.2, -0.15) is 0 Å². The minimum absolute atomic E-state index is 0.0151. The van der Waals surface area contributed by atoms with Gasteiger partial charge >= 0.3 is 5.97 Å². The molecule has 0 saturated heterocycles. The standard InChI is InChI=1S/C7H4I2O3/c8-3-1-4(7(11)12)6(10)5(9)2-3/h1-2,10H,(H,11,12)/i1D,2D. The molecule has 0 aliphatic rings. The summed E-state index contributed by atoms with van der Waals surface area (Å²) in [6.07, 6.45) is 0. The summed E-state index contributed by atoms with van der Waals surface area (Å²) >= 11 is 3.40. The van der Waals surface area contributed by atoms with E-state index in [0.717, 1.165) is 0 Å². The van der Waals surface area contributed by atoms with Gasteiger partial charge in [-0.15, -0.1) is 0 Å². The summed E-state index contributed by atoms with van der Waals surface area (Å²) in [6, 6.07) is -0.334. The van der Waals surface area contributed by atoms with Gasteiger partial charge in [0.15, 0.2) is 0 Å². The maximum atomic E-state index is 10.7.